The van der Waals surface area contributed by atoms with Crippen LogP contribution in [-0.2, 0) is 26.2 Å². The molecule has 1 N–H and O–H groups in total. The van der Waals surface area contributed by atoms with E-state index in [1.165, 1.54) is 17.0 Å². The number of amides is 2. The molecule has 2 amide bonds. The van der Waals surface area contributed by atoms with E-state index in [-0.39, 0.29) is 17.3 Å². The molecule has 0 unspecified atom stereocenters. The molecule has 9 heteroatoms. The van der Waals surface area contributed by atoms with Gasteiger partial charge in [-0.15, -0.1) is 0 Å². The zero-order chi connectivity index (χ0) is 27.7. The summed E-state index contributed by atoms with van der Waals surface area (Å²) in [5.41, 5.74) is 2.04. The summed E-state index contributed by atoms with van der Waals surface area (Å²) in [6.07, 6.45) is 1.74. The average Bonchev–Trinajstić information content (AvgIpc) is 2.91. The fourth-order valence-corrected chi connectivity index (χ4v) is 5.56. The Bertz CT molecular complexity index is 1330. The first-order valence-electron chi connectivity index (χ1n) is 12.6. The Hall–Kier alpha value is -3.36. The zero-order valence-corrected chi connectivity index (χ0v) is 23.5. The minimum absolute atomic E-state index is 0.0696. The Morgan fingerprint density at radius 1 is 0.974 bits per heavy atom. The van der Waals surface area contributed by atoms with Crippen molar-refractivity contribution in [3.8, 4) is 0 Å². The van der Waals surface area contributed by atoms with Gasteiger partial charge in [-0.05, 0) is 62.2 Å². The van der Waals surface area contributed by atoms with Gasteiger partial charge < -0.3 is 10.2 Å². The molecular formula is C29H34ClN3O4S. The molecule has 0 heterocycles. The molecule has 3 aromatic carbocycles. The zero-order valence-electron chi connectivity index (χ0n) is 21.9. The van der Waals surface area contributed by atoms with Crippen molar-refractivity contribution >= 4 is 39.1 Å². The summed E-state index contributed by atoms with van der Waals surface area (Å²) in [4.78, 5) is 28.3. The van der Waals surface area contributed by atoms with Crippen molar-refractivity contribution in [1.29, 1.82) is 0 Å². The number of carbonyl (C=O) groups excluding carboxylic acids is 2. The van der Waals surface area contributed by atoms with Crippen LogP contribution in [0.3, 0.4) is 0 Å². The highest BCUT2D eigenvalue weighted by Gasteiger charge is 2.32. The summed E-state index contributed by atoms with van der Waals surface area (Å²) in [5.74, 6) is -0.815. The Morgan fingerprint density at radius 2 is 1.66 bits per heavy atom. The van der Waals surface area contributed by atoms with E-state index in [2.05, 4.69) is 5.32 Å². The van der Waals surface area contributed by atoms with Crippen LogP contribution in [0.4, 0.5) is 5.69 Å². The van der Waals surface area contributed by atoms with Crippen LogP contribution < -0.4 is 9.62 Å². The molecule has 0 radical (unpaired) electrons. The second-order valence-corrected chi connectivity index (χ2v) is 11.4. The molecular weight excluding hydrogens is 522 g/mol. The molecule has 0 aliphatic rings. The molecule has 0 bridgehead atoms. The lowest BCUT2D eigenvalue weighted by atomic mass is 10.1. The predicted octanol–water partition coefficient (Wildman–Crippen LogP) is 5.18. The number of rotatable bonds is 12. The molecule has 0 spiro atoms. The first-order chi connectivity index (χ1) is 18.1. The Morgan fingerprint density at radius 3 is 2.29 bits per heavy atom. The summed E-state index contributed by atoms with van der Waals surface area (Å²) in [7, 11) is -4.07. The van der Waals surface area contributed by atoms with Crippen LogP contribution in [0, 0.1) is 6.92 Å². The SMILES string of the molecule is CCCCNC(=O)[C@@H](C)N(Cc1cccc(Cl)c1)C(=O)CN(c1ccc(C)cc1)S(=O)(=O)c1ccccc1. The van der Waals surface area contributed by atoms with E-state index in [0.717, 1.165) is 28.3 Å². The van der Waals surface area contributed by atoms with E-state index < -0.39 is 28.5 Å². The van der Waals surface area contributed by atoms with Crippen LogP contribution in [0.15, 0.2) is 83.8 Å². The number of halogens is 1. The summed E-state index contributed by atoms with van der Waals surface area (Å²) >= 11 is 6.17. The number of unbranched alkanes of at least 4 members (excludes halogenated alkanes) is 1. The van der Waals surface area contributed by atoms with Gasteiger partial charge in [-0.25, -0.2) is 8.42 Å². The average molecular weight is 556 g/mol. The summed E-state index contributed by atoms with van der Waals surface area (Å²) in [6.45, 7) is 5.68. The fraction of sp³-hybridized carbons (Fsp3) is 0.310. The third kappa shape index (κ3) is 7.58. The number of aryl methyl sites for hydroxylation is 1. The Labute approximate surface area is 230 Å². The quantitative estimate of drug-likeness (QED) is 0.312. The smallest absolute Gasteiger partial charge is 0.264 e. The van der Waals surface area contributed by atoms with Gasteiger partial charge in [0.15, 0.2) is 0 Å². The lowest BCUT2D eigenvalue weighted by Gasteiger charge is -2.32. The predicted molar refractivity (Wildman–Crippen MR) is 152 cm³/mol. The van der Waals surface area contributed by atoms with Gasteiger partial charge >= 0.3 is 0 Å². The third-order valence-corrected chi connectivity index (χ3v) is 8.19. The van der Waals surface area contributed by atoms with Gasteiger partial charge in [0, 0.05) is 18.1 Å². The van der Waals surface area contributed by atoms with Crippen LogP contribution in [0.2, 0.25) is 5.02 Å². The number of benzene rings is 3. The number of hydrogen-bond donors (Lipinski definition) is 1. The van der Waals surface area contributed by atoms with Crippen LogP contribution in [0.5, 0.6) is 0 Å². The maximum absolute atomic E-state index is 13.8. The Balaban J connectivity index is 1.98. The molecule has 1 atom stereocenters. The molecule has 7 nitrogen and oxygen atoms in total. The van der Waals surface area contributed by atoms with Crippen molar-refractivity contribution in [3.05, 3.63) is 95.0 Å². The lowest BCUT2D eigenvalue weighted by molar-refractivity contribution is -0.139. The van der Waals surface area contributed by atoms with Crippen molar-refractivity contribution in [2.45, 2.75) is 51.1 Å². The van der Waals surface area contributed by atoms with Crippen molar-refractivity contribution in [3.63, 3.8) is 0 Å². The van der Waals surface area contributed by atoms with E-state index >= 15 is 0 Å². The van der Waals surface area contributed by atoms with E-state index in [1.807, 2.05) is 19.9 Å². The molecule has 0 saturated heterocycles. The first kappa shape index (κ1) is 29.2. The number of nitrogens with one attached hydrogen (secondary N) is 1. The normalized spacial score (nSPS) is 12.0. The van der Waals surface area contributed by atoms with Crippen molar-refractivity contribution in [1.82, 2.24) is 10.2 Å². The monoisotopic (exact) mass is 555 g/mol. The largest absolute Gasteiger partial charge is 0.354 e. The maximum atomic E-state index is 13.8. The van der Waals surface area contributed by atoms with E-state index in [0.29, 0.717) is 17.3 Å². The van der Waals surface area contributed by atoms with Crippen LogP contribution in [-0.4, -0.2) is 44.3 Å². The van der Waals surface area contributed by atoms with Gasteiger partial charge in [0.25, 0.3) is 10.0 Å². The fourth-order valence-electron chi connectivity index (χ4n) is 3.91. The van der Waals surface area contributed by atoms with Gasteiger partial charge in [0.2, 0.25) is 11.8 Å². The molecule has 0 saturated carbocycles. The summed E-state index contributed by atoms with van der Waals surface area (Å²) < 4.78 is 28.5. The van der Waals surface area contributed by atoms with Crippen molar-refractivity contribution < 1.29 is 18.0 Å². The molecule has 0 aromatic heterocycles. The Kier molecular flexibility index (Phi) is 10.3. The molecule has 3 rings (SSSR count). The molecule has 0 aliphatic heterocycles. The number of hydrogen-bond acceptors (Lipinski definition) is 4. The van der Waals surface area contributed by atoms with Gasteiger partial charge in [0.1, 0.15) is 12.6 Å². The standard InChI is InChI=1S/C29H34ClN3O4S/c1-4-5-18-31-29(35)23(3)32(20-24-10-9-11-25(30)19-24)28(34)21-33(26-16-14-22(2)15-17-26)38(36,37)27-12-7-6-8-13-27/h6-17,19,23H,4-5,18,20-21H2,1-3H3,(H,31,35)/t23-/m1/s1. The number of carbonyl (C=O) groups is 2. The first-order valence-corrected chi connectivity index (χ1v) is 14.4. The minimum atomic E-state index is -4.07. The topological polar surface area (TPSA) is 86.8 Å². The van der Waals surface area contributed by atoms with Crippen molar-refractivity contribution in [2.24, 2.45) is 0 Å². The lowest BCUT2D eigenvalue weighted by Crippen LogP contribution is -2.51. The second-order valence-electron chi connectivity index (χ2n) is 9.13. The van der Waals surface area contributed by atoms with Crippen LogP contribution in [0.1, 0.15) is 37.8 Å². The number of sulfonamides is 1. The van der Waals surface area contributed by atoms with Crippen LogP contribution in [0.25, 0.3) is 0 Å². The van der Waals surface area contributed by atoms with E-state index in [4.69, 9.17) is 11.6 Å². The van der Waals surface area contributed by atoms with E-state index in [9.17, 15) is 18.0 Å². The number of nitrogens with zero attached hydrogens (tertiary/aromatic N) is 2. The van der Waals surface area contributed by atoms with Gasteiger partial charge in [-0.1, -0.05) is 73.0 Å². The van der Waals surface area contributed by atoms with Crippen LogP contribution >= 0.6 is 11.6 Å². The highest BCUT2D eigenvalue weighted by molar-refractivity contribution is 7.92. The molecule has 38 heavy (non-hydrogen) atoms. The molecule has 3 aromatic rings. The minimum Gasteiger partial charge on any atom is -0.354 e. The van der Waals surface area contributed by atoms with Crippen molar-refractivity contribution in [2.75, 3.05) is 17.4 Å². The van der Waals surface area contributed by atoms with Gasteiger partial charge in [0.05, 0.1) is 10.6 Å². The van der Waals surface area contributed by atoms with Gasteiger partial charge in [-0.2, -0.15) is 0 Å². The second kappa shape index (κ2) is 13.4. The molecule has 202 valence electrons. The highest BCUT2D eigenvalue weighted by Crippen LogP contribution is 2.25. The van der Waals surface area contributed by atoms with Gasteiger partial charge in [-0.3, -0.25) is 13.9 Å². The summed E-state index contributed by atoms with van der Waals surface area (Å²) in [6, 6.07) is 21.1. The third-order valence-electron chi connectivity index (χ3n) is 6.17. The molecule has 0 aliphatic carbocycles. The number of anilines is 1. The summed E-state index contributed by atoms with van der Waals surface area (Å²) in [5, 5.41) is 3.38. The van der Waals surface area contributed by atoms with E-state index in [1.54, 1.807) is 67.6 Å². The maximum Gasteiger partial charge on any atom is 0.264 e. The molecule has 0 fully saturated rings. The highest BCUT2D eigenvalue weighted by atomic mass is 35.5.